The molecule has 1 aliphatic rings. The molecule has 1 heterocycles. The Balaban J connectivity index is 2.00. The molecule has 2 amide bonds. The quantitative estimate of drug-likeness (QED) is 0.548. The number of carbonyl (C=O) groups excluding carboxylic acids is 2. The van der Waals surface area contributed by atoms with Crippen LogP contribution in [0, 0.1) is 18.8 Å². The lowest BCUT2D eigenvalue weighted by atomic mass is 10.0. The first-order chi connectivity index (χ1) is 14.7. The second-order valence-corrected chi connectivity index (χ2v) is 9.04. The lowest BCUT2D eigenvalue weighted by Gasteiger charge is -2.17. The fraction of sp³-hybridized carbons (Fsp3) is 0.360. The molecule has 1 N–H and O–H groups in total. The van der Waals surface area contributed by atoms with Gasteiger partial charge >= 0.3 is 0 Å². The van der Waals surface area contributed by atoms with Crippen LogP contribution in [0.2, 0.25) is 5.02 Å². The summed E-state index contributed by atoms with van der Waals surface area (Å²) in [4.78, 5) is 27.8. The molecule has 0 aliphatic carbocycles. The van der Waals surface area contributed by atoms with Crippen molar-refractivity contribution in [2.24, 2.45) is 11.8 Å². The third-order valence-corrected chi connectivity index (χ3v) is 5.38. The molecule has 2 aromatic rings. The highest BCUT2D eigenvalue weighted by atomic mass is 35.5. The van der Waals surface area contributed by atoms with Crippen molar-refractivity contribution in [3.63, 3.8) is 0 Å². The molecule has 0 saturated heterocycles. The van der Waals surface area contributed by atoms with Gasteiger partial charge in [0, 0.05) is 17.3 Å². The molecule has 0 spiro atoms. The van der Waals surface area contributed by atoms with Gasteiger partial charge in [-0.3, -0.25) is 14.5 Å². The van der Waals surface area contributed by atoms with E-state index in [1.165, 1.54) is 4.90 Å². The van der Waals surface area contributed by atoms with Crippen LogP contribution in [-0.2, 0) is 9.59 Å². The molecule has 1 aliphatic heterocycles. The highest BCUT2D eigenvalue weighted by molar-refractivity contribution is 6.36. The van der Waals surface area contributed by atoms with Crippen molar-refractivity contribution in [1.82, 2.24) is 4.90 Å². The molecule has 0 fully saturated rings. The number of imide groups is 1. The van der Waals surface area contributed by atoms with E-state index in [2.05, 4.69) is 19.2 Å². The molecule has 0 aromatic heterocycles. The average molecular weight is 441 g/mol. The lowest BCUT2D eigenvalue weighted by Crippen LogP contribution is -2.35. The van der Waals surface area contributed by atoms with E-state index in [0.29, 0.717) is 40.9 Å². The van der Waals surface area contributed by atoms with Crippen molar-refractivity contribution >= 4 is 34.7 Å². The van der Waals surface area contributed by atoms with Crippen molar-refractivity contribution in [2.45, 2.75) is 34.6 Å². The fourth-order valence-corrected chi connectivity index (χ4v) is 3.52. The normalized spacial score (nSPS) is 14.3. The summed E-state index contributed by atoms with van der Waals surface area (Å²) in [5.41, 5.74) is 2.82. The third kappa shape index (κ3) is 5.10. The van der Waals surface area contributed by atoms with Crippen LogP contribution in [0.25, 0.3) is 5.57 Å². The Hall–Kier alpha value is -2.79. The lowest BCUT2D eigenvalue weighted by molar-refractivity contribution is -0.137. The number of anilines is 1. The summed E-state index contributed by atoms with van der Waals surface area (Å²) < 4.78 is 5.75. The molecule has 0 saturated carbocycles. The van der Waals surface area contributed by atoms with Gasteiger partial charge < -0.3 is 10.1 Å². The van der Waals surface area contributed by atoms with Gasteiger partial charge in [-0.15, -0.1) is 0 Å². The summed E-state index contributed by atoms with van der Waals surface area (Å²) in [5, 5.41) is 3.78. The SMILES string of the molecule is Cc1c(Cl)cccc1NC1=C(c2ccc(OCC(C)C)cc2)C(=O)N(CC(C)C)C1=O. The molecule has 0 unspecified atom stereocenters. The Morgan fingerprint density at radius 3 is 2.26 bits per heavy atom. The van der Waals surface area contributed by atoms with Crippen LogP contribution in [-0.4, -0.2) is 29.9 Å². The van der Waals surface area contributed by atoms with Crippen molar-refractivity contribution in [3.05, 3.63) is 64.3 Å². The van der Waals surface area contributed by atoms with Gasteiger partial charge in [0.1, 0.15) is 11.4 Å². The predicted molar refractivity (Wildman–Crippen MR) is 125 cm³/mol. The van der Waals surface area contributed by atoms with E-state index in [-0.39, 0.29) is 23.4 Å². The van der Waals surface area contributed by atoms with Crippen LogP contribution in [0.4, 0.5) is 5.69 Å². The van der Waals surface area contributed by atoms with Crippen molar-refractivity contribution in [3.8, 4) is 5.75 Å². The van der Waals surface area contributed by atoms with Gasteiger partial charge in [-0.2, -0.15) is 0 Å². The van der Waals surface area contributed by atoms with E-state index in [1.807, 2.05) is 57.2 Å². The van der Waals surface area contributed by atoms with Crippen molar-refractivity contribution in [2.75, 3.05) is 18.5 Å². The van der Waals surface area contributed by atoms with E-state index >= 15 is 0 Å². The van der Waals surface area contributed by atoms with Crippen LogP contribution in [0.1, 0.15) is 38.8 Å². The zero-order valence-electron chi connectivity index (χ0n) is 18.7. The van der Waals surface area contributed by atoms with Gasteiger partial charge in [-0.1, -0.05) is 57.5 Å². The summed E-state index contributed by atoms with van der Waals surface area (Å²) in [6.07, 6.45) is 0. The van der Waals surface area contributed by atoms with Crippen LogP contribution in [0.3, 0.4) is 0 Å². The molecule has 0 bridgehead atoms. The van der Waals surface area contributed by atoms with Gasteiger partial charge in [0.2, 0.25) is 0 Å². The van der Waals surface area contributed by atoms with E-state index in [4.69, 9.17) is 16.3 Å². The van der Waals surface area contributed by atoms with E-state index in [9.17, 15) is 9.59 Å². The minimum absolute atomic E-state index is 0.160. The monoisotopic (exact) mass is 440 g/mol. The minimum Gasteiger partial charge on any atom is -0.493 e. The standard InChI is InChI=1S/C25H29ClN2O3/c1-15(2)13-28-24(29)22(18-9-11-19(12-10-18)31-14-16(3)4)23(25(28)30)27-21-8-6-7-20(26)17(21)5/h6-12,15-16,27H,13-14H2,1-5H3. The minimum atomic E-state index is -0.326. The zero-order chi connectivity index (χ0) is 22.7. The van der Waals surface area contributed by atoms with Crippen molar-refractivity contribution < 1.29 is 14.3 Å². The number of ether oxygens (including phenoxy) is 1. The number of rotatable bonds is 8. The summed E-state index contributed by atoms with van der Waals surface area (Å²) >= 11 is 6.25. The molecule has 164 valence electrons. The summed E-state index contributed by atoms with van der Waals surface area (Å²) in [6.45, 7) is 11.0. The Morgan fingerprint density at radius 1 is 0.968 bits per heavy atom. The average Bonchev–Trinajstić information content (AvgIpc) is 2.94. The summed E-state index contributed by atoms with van der Waals surface area (Å²) in [7, 11) is 0. The zero-order valence-corrected chi connectivity index (χ0v) is 19.4. The number of hydrogen-bond donors (Lipinski definition) is 1. The summed E-state index contributed by atoms with van der Waals surface area (Å²) in [6, 6.07) is 12.7. The topological polar surface area (TPSA) is 58.6 Å². The van der Waals surface area contributed by atoms with Gasteiger partial charge in [-0.25, -0.2) is 0 Å². The largest absolute Gasteiger partial charge is 0.493 e. The van der Waals surface area contributed by atoms with Crippen LogP contribution in [0.15, 0.2) is 48.2 Å². The van der Waals surface area contributed by atoms with Gasteiger partial charge in [0.25, 0.3) is 11.8 Å². The van der Waals surface area contributed by atoms with Gasteiger partial charge in [0.15, 0.2) is 0 Å². The van der Waals surface area contributed by atoms with Crippen LogP contribution < -0.4 is 10.1 Å². The number of halogens is 1. The van der Waals surface area contributed by atoms with Crippen LogP contribution in [0.5, 0.6) is 5.75 Å². The maximum atomic E-state index is 13.3. The number of nitrogens with zero attached hydrogens (tertiary/aromatic N) is 1. The summed E-state index contributed by atoms with van der Waals surface area (Å²) in [5.74, 6) is 0.685. The number of nitrogens with one attached hydrogen (secondary N) is 1. The second kappa shape index (κ2) is 9.56. The van der Waals surface area contributed by atoms with Crippen molar-refractivity contribution in [1.29, 1.82) is 0 Å². The highest BCUT2D eigenvalue weighted by Gasteiger charge is 2.39. The van der Waals surface area contributed by atoms with E-state index in [1.54, 1.807) is 6.07 Å². The molecule has 3 rings (SSSR count). The molecule has 2 aromatic carbocycles. The maximum absolute atomic E-state index is 13.3. The highest BCUT2D eigenvalue weighted by Crippen LogP contribution is 2.33. The molecule has 0 radical (unpaired) electrons. The van der Waals surface area contributed by atoms with Gasteiger partial charge in [-0.05, 0) is 54.2 Å². The molecular weight excluding hydrogens is 412 g/mol. The van der Waals surface area contributed by atoms with Gasteiger partial charge in [0.05, 0.1) is 12.2 Å². The predicted octanol–water partition coefficient (Wildman–Crippen LogP) is 5.53. The molecule has 6 heteroatoms. The molecule has 31 heavy (non-hydrogen) atoms. The number of carbonyl (C=O) groups is 2. The fourth-order valence-electron chi connectivity index (χ4n) is 3.35. The Bertz CT molecular complexity index is 1010. The Labute approximate surface area is 189 Å². The first-order valence-electron chi connectivity index (χ1n) is 10.5. The first kappa shape index (κ1) is 22.9. The third-order valence-electron chi connectivity index (χ3n) is 4.97. The Morgan fingerprint density at radius 2 is 1.65 bits per heavy atom. The number of amides is 2. The number of hydrogen-bond acceptors (Lipinski definition) is 4. The van der Waals surface area contributed by atoms with E-state index in [0.717, 1.165) is 11.3 Å². The smallest absolute Gasteiger partial charge is 0.278 e. The molecule has 5 nitrogen and oxygen atoms in total. The first-order valence-corrected chi connectivity index (χ1v) is 10.9. The molecule has 0 atom stereocenters. The number of benzene rings is 2. The molecular formula is C25H29ClN2O3. The Kier molecular flexibility index (Phi) is 7.06. The second-order valence-electron chi connectivity index (χ2n) is 8.63. The maximum Gasteiger partial charge on any atom is 0.278 e. The van der Waals surface area contributed by atoms with Crippen LogP contribution >= 0.6 is 11.6 Å². The van der Waals surface area contributed by atoms with E-state index < -0.39 is 0 Å².